The van der Waals surface area contributed by atoms with E-state index in [0.29, 0.717) is 5.92 Å². The molecule has 86 valence electrons. The van der Waals surface area contributed by atoms with Gasteiger partial charge in [0.15, 0.2) is 11.6 Å². The Labute approximate surface area is 92.5 Å². The fraction of sp³-hybridized carbons (Fsp3) is 0.455. The van der Waals surface area contributed by atoms with Gasteiger partial charge in [0, 0.05) is 12.2 Å². The van der Waals surface area contributed by atoms with E-state index in [1.165, 1.54) is 6.20 Å². The van der Waals surface area contributed by atoms with Crippen molar-refractivity contribution in [2.24, 2.45) is 5.92 Å². The molecule has 1 aromatic heterocycles. The monoisotopic (exact) mass is 224 g/mol. The first-order valence-electron chi connectivity index (χ1n) is 5.22. The van der Waals surface area contributed by atoms with Crippen molar-refractivity contribution in [1.82, 2.24) is 4.98 Å². The molecule has 0 saturated heterocycles. The third kappa shape index (κ3) is 1.98. The standard InChI is InChI=1S/C11H13FN2O2/c1-6-4-7(5-6)14-10-9(12)8(11(15)16)2-3-13-10/h2-3,6-7H,4-5H2,1H3,(H,13,14)(H,15,16). The van der Waals surface area contributed by atoms with Gasteiger partial charge in [-0.15, -0.1) is 0 Å². The molecule has 1 saturated carbocycles. The Morgan fingerprint density at radius 2 is 2.31 bits per heavy atom. The lowest BCUT2D eigenvalue weighted by Crippen LogP contribution is -2.34. The highest BCUT2D eigenvalue weighted by Gasteiger charge is 2.27. The van der Waals surface area contributed by atoms with Gasteiger partial charge in [-0.2, -0.15) is 0 Å². The topological polar surface area (TPSA) is 62.2 Å². The predicted molar refractivity (Wildman–Crippen MR) is 57.0 cm³/mol. The number of nitrogens with zero attached hydrogens (tertiary/aromatic N) is 1. The van der Waals surface area contributed by atoms with Crippen LogP contribution in [0.2, 0.25) is 0 Å². The van der Waals surface area contributed by atoms with Gasteiger partial charge in [-0.25, -0.2) is 14.2 Å². The van der Waals surface area contributed by atoms with Gasteiger partial charge in [0.2, 0.25) is 0 Å². The molecule has 0 amide bonds. The van der Waals surface area contributed by atoms with Gasteiger partial charge >= 0.3 is 5.97 Å². The van der Waals surface area contributed by atoms with Gasteiger partial charge in [-0.3, -0.25) is 0 Å². The summed E-state index contributed by atoms with van der Waals surface area (Å²) >= 11 is 0. The molecule has 0 aromatic carbocycles. The summed E-state index contributed by atoms with van der Waals surface area (Å²) in [4.78, 5) is 14.5. The largest absolute Gasteiger partial charge is 0.478 e. The zero-order chi connectivity index (χ0) is 11.7. The lowest BCUT2D eigenvalue weighted by Gasteiger charge is -2.33. The van der Waals surface area contributed by atoms with E-state index in [1.807, 2.05) is 0 Å². The summed E-state index contributed by atoms with van der Waals surface area (Å²) in [5, 5.41) is 11.7. The Balaban J connectivity index is 2.15. The second-order valence-electron chi connectivity index (χ2n) is 4.24. The molecule has 0 atom stereocenters. The summed E-state index contributed by atoms with van der Waals surface area (Å²) < 4.78 is 13.6. The van der Waals surface area contributed by atoms with Crippen molar-refractivity contribution in [3.8, 4) is 0 Å². The maximum Gasteiger partial charge on any atom is 0.338 e. The van der Waals surface area contributed by atoms with Gasteiger partial charge in [-0.1, -0.05) is 6.92 Å². The first kappa shape index (κ1) is 10.9. The molecule has 0 unspecified atom stereocenters. The first-order valence-corrected chi connectivity index (χ1v) is 5.22. The fourth-order valence-electron chi connectivity index (χ4n) is 1.92. The van der Waals surface area contributed by atoms with E-state index in [-0.39, 0.29) is 17.4 Å². The number of hydrogen-bond donors (Lipinski definition) is 2. The molecule has 0 radical (unpaired) electrons. The smallest absolute Gasteiger partial charge is 0.338 e. The zero-order valence-corrected chi connectivity index (χ0v) is 8.90. The van der Waals surface area contributed by atoms with Crippen molar-refractivity contribution in [3.05, 3.63) is 23.6 Å². The number of halogens is 1. The molecule has 1 aromatic rings. The van der Waals surface area contributed by atoms with Crippen molar-refractivity contribution in [3.63, 3.8) is 0 Å². The molecule has 4 nitrogen and oxygen atoms in total. The summed E-state index contributed by atoms with van der Waals surface area (Å²) in [6, 6.07) is 1.37. The van der Waals surface area contributed by atoms with Gasteiger partial charge in [0.1, 0.15) is 5.56 Å². The Morgan fingerprint density at radius 3 is 2.88 bits per heavy atom. The SMILES string of the molecule is CC1CC(Nc2nccc(C(=O)O)c2F)C1. The molecule has 1 aliphatic carbocycles. The second kappa shape index (κ2) is 4.08. The molecule has 2 rings (SSSR count). The number of nitrogens with one attached hydrogen (secondary N) is 1. The predicted octanol–water partition coefficient (Wildman–Crippen LogP) is 2.13. The Hall–Kier alpha value is -1.65. The average Bonchev–Trinajstić information content (AvgIpc) is 2.18. The minimum Gasteiger partial charge on any atom is -0.478 e. The minimum atomic E-state index is -1.27. The van der Waals surface area contributed by atoms with E-state index in [0.717, 1.165) is 18.9 Å². The van der Waals surface area contributed by atoms with Gasteiger partial charge in [0.25, 0.3) is 0 Å². The van der Waals surface area contributed by atoms with Crippen LogP contribution >= 0.6 is 0 Å². The molecular formula is C11H13FN2O2. The summed E-state index contributed by atoms with van der Waals surface area (Å²) in [6.07, 6.45) is 3.24. The average molecular weight is 224 g/mol. The number of pyridine rings is 1. The molecule has 0 aliphatic heterocycles. The summed E-state index contributed by atoms with van der Waals surface area (Å²) in [6.45, 7) is 2.12. The van der Waals surface area contributed by atoms with Crippen LogP contribution in [0, 0.1) is 11.7 Å². The minimum absolute atomic E-state index is 0.0387. The van der Waals surface area contributed by atoms with E-state index in [4.69, 9.17) is 5.11 Å². The molecule has 0 bridgehead atoms. The molecule has 2 N–H and O–H groups in total. The molecule has 16 heavy (non-hydrogen) atoms. The number of carboxylic acids is 1. The zero-order valence-electron chi connectivity index (χ0n) is 8.90. The number of hydrogen-bond acceptors (Lipinski definition) is 3. The normalized spacial score (nSPS) is 23.6. The number of rotatable bonds is 3. The highest BCUT2D eigenvalue weighted by atomic mass is 19.1. The quantitative estimate of drug-likeness (QED) is 0.825. The van der Waals surface area contributed by atoms with Gasteiger partial charge in [-0.05, 0) is 24.8 Å². The Kier molecular flexibility index (Phi) is 2.77. The van der Waals surface area contributed by atoms with E-state index >= 15 is 0 Å². The van der Waals surface area contributed by atoms with E-state index in [1.54, 1.807) is 0 Å². The van der Waals surface area contributed by atoms with Gasteiger partial charge < -0.3 is 10.4 Å². The van der Waals surface area contributed by atoms with Crippen LogP contribution in [-0.2, 0) is 0 Å². The Morgan fingerprint density at radius 1 is 1.62 bits per heavy atom. The lowest BCUT2D eigenvalue weighted by molar-refractivity contribution is 0.0691. The summed E-state index contributed by atoms with van der Waals surface area (Å²) in [7, 11) is 0. The van der Waals surface area contributed by atoms with Crippen LogP contribution in [0.15, 0.2) is 12.3 Å². The fourth-order valence-corrected chi connectivity index (χ4v) is 1.92. The van der Waals surface area contributed by atoms with E-state index in [9.17, 15) is 9.18 Å². The van der Waals surface area contributed by atoms with Crippen LogP contribution in [0.3, 0.4) is 0 Å². The van der Waals surface area contributed by atoms with Crippen LogP contribution < -0.4 is 5.32 Å². The van der Waals surface area contributed by atoms with Crippen molar-refractivity contribution < 1.29 is 14.3 Å². The van der Waals surface area contributed by atoms with E-state index < -0.39 is 11.8 Å². The first-order chi connectivity index (χ1) is 7.58. The molecule has 0 spiro atoms. The van der Waals surface area contributed by atoms with E-state index in [2.05, 4.69) is 17.2 Å². The maximum absolute atomic E-state index is 13.6. The van der Waals surface area contributed by atoms with Crippen molar-refractivity contribution >= 4 is 11.8 Å². The summed E-state index contributed by atoms with van der Waals surface area (Å²) in [5.74, 6) is -1.38. The molecule has 5 heteroatoms. The number of carbonyl (C=O) groups is 1. The number of anilines is 1. The van der Waals surface area contributed by atoms with Crippen molar-refractivity contribution in [1.29, 1.82) is 0 Å². The molecule has 1 fully saturated rings. The number of carboxylic acid groups (broad SMARTS) is 1. The van der Waals surface area contributed by atoms with Crippen molar-refractivity contribution in [2.45, 2.75) is 25.8 Å². The third-order valence-corrected chi connectivity index (χ3v) is 2.83. The van der Waals surface area contributed by atoms with Crippen molar-refractivity contribution in [2.75, 3.05) is 5.32 Å². The van der Waals surface area contributed by atoms with Gasteiger partial charge in [0.05, 0.1) is 0 Å². The maximum atomic E-state index is 13.6. The van der Waals surface area contributed by atoms with Crippen LogP contribution in [0.25, 0.3) is 0 Å². The highest BCUT2D eigenvalue weighted by molar-refractivity contribution is 5.88. The van der Waals surface area contributed by atoms with Crippen LogP contribution in [0.5, 0.6) is 0 Å². The molecular weight excluding hydrogens is 211 g/mol. The van der Waals surface area contributed by atoms with Crippen LogP contribution in [0.4, 0.5) is 10.2 Å². The molecule has 1 heterocycles. The Bertz CT molecular complexity index is 416. The number of aromatic nitrogens is 1. The van der Waals surface area contributed by atoms with Crippen LogP contribution in [-0.4, -0.2) is 22.1 Å². The highest BCUT2D eigenvalue weighted by Crippen LogP contribution is 2.29. The third-order valence-electron chi connectivity index (χ3n) is 2.83. The number of aromatic carboxylic acids is 1. The molecule has 1 aliphatic rings. The second-order valence-corrected chi connectivity index (χ2v) is 4.24. The summed E-state index contributed by atoms with van der Waals surface area (Å²) in [5.41, 5.74) is -0.343. The lowest BCUT2D eigenvalue weighted by atomic mass is 9.82. The van der Waals surface area contributed by atoms with Crippen LogP contribution in [0.1, 0.15) is 30.1 Å².